The van der Waals surface area contributed by atoms with Crippen LogP contribution in [0.4, 0.5) is 0 Å². The van der Waals surface area contributed by atoms with Gasteiger partial charge >= 0.3 is 0 Å². The third-order valence-electron chi connectivity index (χ3n) is 2.05. The lowest BCUT2D eigenvalue weighted by molar-refractivity contribution is 0.0957. The third kappa shape index (κ3) is 2.03. The molecule has 80 valence electrons. The number of hydrogen-bond acceptors (Lipinski definition) is 4. The van der Waals surface area contributed by atoms with Gasteiger partial charge in [0.2, 0.25) is 0 Å². The van der Waals surface area contributed by atoms with Gasteiger partial charge in [0.15, 0.2) is 5.69 Å². The van der Waals surface area contributed by atoms with Crippen LogP contribution >= 0.6 is 0 Å². The molecule has 0 fully saturated rings. The number of hydrogen-bond donors (Lipinski definition) is 1. The Kier molecular flexibility index (Phi) is 2.86. The molecule has 0 aromatic carbocycles. The maximum Gasteiger partial charge on any atom is 0.271 e. The smallest absolute Gasteiger partial charge is 0.271 e. The van der Waals surface area contributed by atoms with Crippen LogP contribution in [0.25, 0.3) is 11.4 Å². The molecular weight excluding hydrogens is 204 g/mol. The Morgan fingerprint density at radius 3 is 2.56 bits per heavy atom. The van der Waals surface area contributed by atoms with E-state index in [2.05, 4.69) is 20.5 Å². The van der Waals surface area contributed by atoms with E-state index >= 15 is 0 Å². The van der Waals surface area contributed by atoms with Crippen LogP contribution in [0.15, 0.2) is 36.5 Å². The summed E-state index contributed by atoms with van der Waals surface area (Å²) >= 11 is 0. The minimum atomic E-state index is -0.250. The minimum absolute atomic E-state index is 0.250. The summed E-state index contributed by atoms with van der Waals surface area (Å²) < 4.78 is 0. The number of amides is 1. The lowest BCUT2D eigenvalue weighted by Crippen LogP contribution is -2.19. The fourth-order valence-electron chi connectivity index (χ4n) is 1.23. The second kappa shape index (κ2) is 4.48. The molecule has 0 saturated carbocycles. The second-order valence-electron chi connectivity index (χ2n) is 3.10. The van der Waals surface area contributed by atoms with Crippen LogP contribution in [0, 0.1) is 0 Å². The molecular formula is C11H10N4O. The Bertz CT molecular complexity index is 481. The topological polar surface area (TPSA) is 67.8 Å². The van der Waals surface area contributed by atoms with Gasteiger partial charge in [0.1, 0.15) is 5.69 Å². The summed E-state index contributed by atoms with van der Waals surface area (Å²) in [5.41, 5.74) is 1.67. The second-order valence-corrected chi connectivity index (χ2v) is 3.10. The summed E-state index contributed by atoms with van der Waals surface area (Å²) in [6, 6.07) is 8.88. The van der Waals surface area contributed by atoms with Gasteiger partial charge in [-0.25, -0.2) is 0 Å². The molecule has 1 amide bonds. The van der Waals surface area contributed by atoms with Crippen LogP contribution in [-0.4, -0.2) is 28.1 Å². The summed E-state index contributed by atoms with van der Waals surface area (Å²) in [6.07, 6.45) is 1.68. The van der Waals surface area contributed by atoms with Gasteiger partial charge in [-0.2, -0.15) is 0 Å². The highest BCUT2D eigenvalue weighted by atomic mass is 16.1. The average molecular weight is 214 g/mol. The summed E-state index contributed by atoms with van der Waals surface area (Å²) in [5.74, 6) is -0.250. The van der Waals surface area contributed by atoms with Gasteiger partial charge < -0.3 is 5.32 Å². The fraction of sp³-hybridized carbons (Fsp3) is 0.0909. The Labute approximate surface area is 92.6 Å². The molecule has 16 heavy (non-hydrogen) atoms. The predicted molar refractivity (Wildman–Crippen MR) is 58.7 cm³/mol. The highest BCUT2D eigenvalue weighted by Gasteiger charge is 2.06. The van der Waals surface area contributed by atoms with E-state index in [1.165, 1.54) is 0 Å². The van der Waals surface area contributed by atoms with E-state index in [1.807, 2.05) is 18.2 Å². The SMILES string of the molecule is CNC(=O)c1ccc(-c2ccccn2)nn1. The van der Waals surface area contributed by atoms with Gasteiger partial charge in [-0.05, 0) is 24.3 Å². The predicted octanol–water partition coefficient (Wildman–Crippen LogP) is 0.898. The van der Waals surface area contributed by atoms with Gasteiger partial charge in [0.05, 0.1) is 5.69 Å². The number of carbonyl (C=O) groups is 1. The van der Waals surface area contributed by atoms with Crippen molar-refractivity contribution in [2.75, 3.05) is 7.05 Å². The Hall–Kier alpha value is -2.30. The van der Waals surface area contributed by atoms with E-state index in [-0.39, 0.29) is 5.91 Å². The van der Waals surface area contributed by atoms with E-state index in [0.29, 0.717) is 11.4 Å². The molecule has 0 aliphatic carbocycles. The first-order valence-electron chi connectivity index (χ1n) is 4.78. The zero-order valence-corrected chi connectivity index (χ0v) is 8.71. The van der Waals surface area contributed by atoms with Gasteiger partial charge in [-0.15, -0.1) is 10.2 Å². The van der Waals surface area contributed by atoms with E-state index in [9.17, 15) is 4.79 Å². The molecule has 0 spiro atoms. The zero-order chi connectivity index (χ0) is 11.4. The van der Waals surface area contributed by atoms with E-state index in [4.69, 9.17) is 0 Å². The van der Waals surface area contributed by atoms with Gasteiger partial charge in [0.25, 0.3) is 5.91 Å². The van der Waals surface area contributed by atoms with Crippen LogP contribution in [0.5, 0.6) is 0 Å². The van der Waals surface area contributed by atoms with Crippen molar-refractivity contribution in [3.8, 4) is 11.4 Å². The van der Waals surface area contributed by atoms with Crippen LogP contribution in [0.1, 0.15) is 10.5 Å². The van der Waals surface area contributed by atoms with E-state index in [1.54, 1.807) is 25.4 Å². The number of carbonyl (C=O) groups excluding carboxylic acids is 1. The van der Waals surface area contributed by atoms with Crippen molar-refractivity contribution in [1.82, 2.24) is 20.5 Å². The highest BCUT2D eigenvalue weighted by molar-refractivity contribution is 5.91. The molecule has 5 heteroatoms. The van der Waals surface area contributed by atoms with Crippen molar-refractivity contribution in [1.29, 1.82) is 0 Å². The minimum Gasteiger partial charge on any atom is -0.354 e. The normalized spacial score (nSPS) is 9.81. The van der Waals surface area contributed by atoms with E-state index < -0.39 is 0 Å². The van der Waals surface area contributed by atoms with Gasteiger partial charge in [-0.1, -0.05) is 6.07 Å². The Morgan fingerprint density at radius 2 is 2.00 bits per heavy atom. The maximum atomic E-state index is 11.2. The molecule has 0 radical (unpaired) electrons. The number of rotatable bonds is 2. The molecule has 1 N–H and O–H groups in total. The van der Waals surface area contributed by atoms with Crippen LogP contribution in [-0.2, 0) is 0 Å². The zero-order valence-electron chi connectivity index (χ0n) is 8.71. The molecule has 2 aromatic heterocycles. The monoisotopic (exact) mass is 214 g/mol. The van der Waals surface area contributed by atoms with Crippen molar-refractivity contribution >= 4 is 5.91 Å². The molecule has 5 nitrogen and oxygen atoms in total. The molecule has 0 bridgehead atoms. The maximum absolute atomic E-state index is 11.2. The standard InChI is InChI=1S/C11H10N4O/c1-12-11(16)10-6-5-9(14-15-10)8-4-2-3-7-13-8/h2-7H,1H3,(H,12,16). The highest BCUT2D eigenvalue weighted by Crippen LogP contribution is 2.11. The molecule has 0 aliphatic heterocycles. The van der Waals surface area contributed by atoms with Crippen LogP contribution in [0.3, 0.4) is 0 Å². The molecule has 0 saturated heterocycles. The summed E-state index contributed by atoms with van der Waals surface area (Å²) in [7, 11) is 1.55. The van der Waals surface area contributed by atoms with Crippen molar-refractivity contribution < 1.29 is 4.79 Å². The number of pyridine rings is 1. The first-order valence-corrected chi connectivity index (χ1v) is 4.78. The molecule has 0 unspecified atom stereocenters. The average Bonchev–Trinajstić information content (AvgIpc) is 2.39. The summed E-state index contributed by atoms with van der Waals surface area (Å²) in [6.45, 7) is 0. The largest absolute Gasteiger partial charge is 0.354 e. The van der Waals surface area contributed by atoms with Gasteiger partial charge in [0, 0.05) is 13.2 Å². The quantitative estimate of drug-likeness (QED) is 0.806. The Balaban J connectivity index is 2.30. The lowest BCUT2D eigenvalue weighted by Gasteiger charge is -2.00. The first-order chi connectivity index (χ1) is 7.81. The van der Waals surface area contributed by atoms with Crippen molar-refractivity contribution in [2.24, 2.45) is 0 Å². The molecule has 0 aliphatic rings. The summed E-state index contributed by atoms with van der Waals surface area (Å²) in [5, 5.41) is 10.3. The van der Waals surface area contributed by atoms with Gasteiger partial charge in [-0.3, -0.25) is 9.78 Å². The van der Waals surface area contributed by atoms with Crippen molar-refractivity contribution in [2.45, 2.75) is 0 Å². The third-order valence-corrected chi connectivity index (χ3v) is 2.05. The number of nitrogens with one attached hydrogen (secondary N) is 1. The molecule has 2 rings (SSSR count). The molecule has 2 heterocycles. The Morgan fingerprint density at radius 1 is 1.12 bits per heavy atom. The van der Waals surface area contributed by atoms with Crippen LogP contribution < -0.4 is 5.32 Å². The van der Waals surface area contributed by atoms with Crippen molar-refractivity contribution in [3.63, 3.8) is 0 Å². The number of aromatic nitrogens is 3. The lowest BCUT2D eigenvalue weighted by atomic mass is 10.2. The van der Waals surface area contributed by atoms with Crippen molar-refractivity contribution in [3.05, 3.63) is 42.2 Å². The molecule has 2 aromatic rings. The number of nitrogens with zero attached hydrogens (tertiary/aromatic N) is 3. The summed E-state index contributed by atoms with van der Waals surface area (Å²) in [4.78, 5) is 15.4. The first kappa shape index (κ1) is 10.2. The van der Waals surface area contributed by atoms with E-state index in [0.717, 1.165) is 5.69 Å². The fourth-order valence-corrected chi connectivity index (χ4v) is 1.23. The van der Waals surface area contributed by atoms with Crippen LogP contribution in [0.2, 0.25) is 0 Å². The molecule has 0 atom stereocenters.